The van der Waals surface area contributed by atoms with Crippen molar-refractivity contribution >= 4 is 39.6 Å². The van der Waals surface area contributed by atoms with Gasteiger partial charge >= 0.3 is 6.18 Å². The molecule has 0 radical (unpaired) electrons. The summed E-state index contributed by atoms with van der Waals surface area (Å²) in [5.74, 6) is -1.19. The summed E-state index contributed by atoms with van der Waals surface area (Å²) >= 11 is 2.82. The predicted molar refractivity (Wildman–Crippen MR) is 116 cm³/mol. The Kier molecular flexibility index (Phi) is 6.04. The van der Waals surface area contributed by atoms with E-state index >= 15 is 0 Å². The quantitative estimate of drug-likeness (QED) is 0.564. The highest BCUT2D eigenvalue weighted by atomic mass is 32.1. The first-order chi connectivity index (χ1) is 15.1. The average Bonchev–Trinajstić information content (AvgIpc) is 3.41. The Morgan fingerprint density at radius 2 is 2.06 bits per heavy atom. The predicted octanol–water partition coefficient (Wildman–Crippen LogP) is 4.89. The summed E-state index contributed by atoms with van der Waals surface area (Å²) in [7, 11) is 0. The molecule has 0 spiro atoms. The van der Waals surface area contributed by atoms with Gasteiger partial charge in [-0.3, -0.25) is 9.59 Å². The second kappa shape index (κ2) is 8.62. The summed E-state index contributed by atoms with van der Waals surface area (Å²) in [5.41, 5.74) is 1.22. The third-order valence-corrected chi connectivity index (χ3v) is 6.94. The molecule has 2 aromatic heterocycles. The molecule has 1 atom stereocenters. The van der Waals surface area contributed by atoms with E-state index in [-0.39, 0.29) is 31.3 Å². The van der Waals surface area contributed by atoms with E-state index < -0.39 is 17.7 Å². The Hall–Kier alpha value is -2.79. The van der Waals surface area contributed by atoms with E-state index in [0.717, 1.165) is 33.4 Å². The lowest BCUT2D eigenvalue weighted by Crippen LogP contribution is -2.28. The lowest BCUT2D eigenvalue weighted by molar-refractivity contribution is -0.137. The highest BCUT2D eigenvalue weighted by Crippen LogP contribution is 2.33. The van der Waals surface area contributed by atoms with Crippen molar-refractivity contribution < 1.29 is 22.8 Å². The Balaban J connectivity index is 1.39. The molecule has 3 heterocycles. The zero-order valence-electron chi connectivity index (χ0n) is 17.2. The Bertz CT molecular complexity index is 1170. The number of thiazole rings is 2. The number of rotatable bonds is 5. The van der Waals surface area contributed by atoms with Gasteiger partial charge in [-0.1, -0.05) is 12.1 Å². The summed E-state index contributed by atoms with van der Waals surface area (Å²) in [6.07, 6.45) is -4.44. The molecule has 3 aromatic rings. The summed E-state index contributed by atoms with van der Waals surface area (Å²) in [4.78, 5) is 36.2. The van der Waals surface area contributed by atoms with E-state index in [1.807, 2.05) is 19.2 Å². The Labute approximate surface area is 190 Å². The van der Waals surface area contributed by atoms with Gasteiger partial charge in [-0.2, -0.15) is 13.2 Å². The van der Waals surface area contributed by atoms with E-state index in [1.54, 1.807) is 0 Å². The van der Waals surface area contributed by atoms with Gasteiger partial charge in [0, 0.05) is 24.9 Å². The van der Waals surface area contributed by atoms with Crippen molar-refractivity contribution in [1.29, 1.82) is 0 Å². The van der Waals surface area contributed by atoms with Gasteiger partial charge in [-0.05, 0) is 31.5 Å². The van der Waals surface area contributed by atoms with Crippen LogP contribution in [-0.4, -0.2) is 33.2 Å². The number of alkyl halides is 3. The monoisotopic (exact) mass is 480 g/mol. The van der Waals surface area contributed by atoms with Crippen LogP contribution in [0.5, 0.6) is 0 Å². The fourth-order valence-electron chi connectivity index (χ4n) is 3.58. The normalized spacial score (nSPS) is 16.6. The zero-order valence-corrected chi connectivity index (χ0v) is 18.8. The smallest absolute Gasteiger partial charge is 0.338 e. The van der Waals surface area contributed by atoms with Crippen LogP contribution in [0.1, 0.15) is 28.2 Å². The van der Waals surface area contributed by atoms with E-state index in [2.05, 4.69) is 15.3 Å². The molecule has 1 N–H and O–H groups in total. The number of carbonyl (C=O) groups excluding carboxylic acids is 2. The second-order valence-corrected chi connectivity index (χ2v) is 9.61. The standard InChI is InChI=1S/C21H19F3N4O2S2/c1-11-18(32-12(2)25-11)16-10-31-20(26-16)27-19(30)14-7-17(29)28(9-14)8-13-4-3-5-15(6-13)21(22,23)24/h3-6,10,14H,7-9H2,1-2H3,(H,26,27,30). The van der Waals surface area contributed by atoms with E-state index in [1.165, 1.54) is 39.7 Å². The van der Waals surface area contributed by atoms with E-state index in [4.69, 9.17) is 0 Å². The molecular formula is C21H19F3N4O2S2. The number of benzene rings is 1. The molecule has 1 unspecified atom stereocenters. The van der Waals surface area contributed by atoms with Crippen molar-refractivity contribution in [3.63, 3.8) is 0 Å². The minimum atomic E-state index is -4.45. The highest BCUT2D eigenvalue weighted by molar-refractivity contribution is 7.16. The maximum absolute atomic E-state index is 12.9. The summed E-state index contributed by atoms with van der Waals surface area (Å²) in [6.45, 7) is 3.99. The molecule has 2 amide bonds. The van der Waals surface area contributed by atoms with E-state index in [0.29, 0.717) is 10.7 Å². The van der Waals surface area contributed by atoms with Crippen LogP contribution < -0.4 is 5.32 Å². The number of likely N-dealkylation sites (tertiary alicyclic amines) is 1. The van der Waals surface area contributed by atoms with Crippen molar-refractivity contribution in [3.8, 4) is 10.6 Å². The van der Waals surface area contributed by atoms with Crippen LogP contribution in [0.25, 0.3) is 10.6 Å². The molecular weight excluding hydrogens is 461 g/mol. The van der Waals surface area contributed by atoms with E-state index in [9.17, 15) is 22.8 Å². The second-order valence-electron chi connectivity index (χ2n) is 7.55. The van der Waals surface area contributed by atoms with Crippen molar-refractivity contribution in [3.05, 3.63) is 51.5 Å². The van der Waals surface area contributed by atoms with Gasteiger partial charge in [0.05, 0.1) is 32.8 Å². The van der Waals surface area contributed by atoms with Crippen molar-refractivity contribution in [2.45, 2.75) is 33.0 Å². The maximum Gasteiger partial charge on any atom is 0.416 e. The number of anilines is 1. The molecule has 1 aliphatic heterocycles. The minimum Gasteiger partial charge on any atom is -0.338 e. The van der Waals surface area contributed by atoms with Crippen LogP contribution in [0.3, 0.4) is 0 Å². The number of aryl methyl sites for hydroxylation is 2. The number of carbonyl (C=O) groups is 2. The van der Waals surface area contributed by atoms with Gasteiger partial charge < -0.3 is 10.2 Å². The molecule has 1 fully saturated rings. The maximum atomic E-state index is 12.9. The van der Waals surface area contributed by atoms with Crippen LogP contribution in [0.15, 0.2) is 29.6 Å². The zero-order chi connectivity index (χ0) is 23.0. The third kappa shape index (κ3) is 4.83. The SMILES string of the molecule is Cc1nc(C)c(-c2csc(NC(=O)C3CC(=O)N(Cc4cccc(C(F)(F)F)c4)C3)n2)s1. The first kappa shape index (κ1) is 22.4. The molecule has 1 aromatic carbocycles. The van der Waals surface area contributed by atoms with Gasteiger partial charge in [0.1, 0.15) is 0 Å². The van der Waals surface area contributed by atoms with Gasteiger partial charge in [0.15, 0.2) is 5.13 Å². The van der Waals surface area contributed by atoms with Crippen molar-refractivity contribution in [2.24, 2.45) is 5.92 Å². The number of nitrogens with zero attached hydrogens (tertiary/aromatic N) is 3. The minimum absolute atomic E-state index is 0.0101. The average molecular weight is 481 g/mol. The van der Waals surface area contributed by atoms with Crippen LogP contribution in [0, 0.1) is 19.8 Å². The molecule has 1 aliphatic rings. The number of aromatic nitrogens is 2. The molecule has 1 saturated heterocycles. The molecule has 168 valence electrons. The number of hydrogen-bond acceptors (Lipinski definition) is 6. The van der Waals surface area contributed by atoms with Crippen LogP contribution in [0.2, 0.25) is 0 Å². The number of hydrogen-bond donors (Lipinski definition) is 1. The fourth-order valence-corrected chi connectivity index (χ4v) is 5.24. The number of halogens is 3. The third-order valence-electron chi connectivity index (χ3n) is 5.08. The lowest BCUT2D eigenvalue weighted by atomic mass is 10.1. The Morgan fingerprint density at radius 3 is 2.75 bits per heavy atom. The van der Waals surface area contributed by atoms with Crippen LogP contribution in [-0.2, 0) is 22.3 Å². The molecule has 11 heteroatoms. The van der Waals surface area contributed by atoms with Crippen LogP contribution in [0.4, 0.5) is 18.3 Å². The number of amides is 2. The first-order valence-electron chi connectivity index (χ1n) is 9.75. The molecule has 0 aliphatic carbocycles. The molecule has 6 nitrogen and oxygen atoms in total. The topological polar surface area (TPSA) is 75.2 Å². The van der Waals surface area contributed by atoms with Crippen LogP contribution >= 0.6 is 22.7 Å². The molecule has 0 bridgehead atoms. The summed E-state index contributed by atoms with van der Waals surface area (Å²) in [6, 6.07) is 4.87. The largest absolute Gasteiger partial charge is 0.416 e. The fraction of sp³-hybridized carbons (Fsp3) is 0.333. The van der Waals surface area contributed by atoms with Crippen molar-refractivity contribution in [1.82, 2.24) is 14.9 Å². The van der Waals surface area contributed by atoms with Gasteiger partial charge in [-0.25, -0.2) is 9.97 Å². The Morgan fingerprint density at radius 1 is 1.28 bits per heavy atom. The summed E-state index contributed by atoms with van der Waals surface area (Å²) in [5, 5.41) is 5.96. The van der Waals surface area contributed by atoms with Gasteiger partial charge in [-0.15, -0.1) is 22.7 Å². The first-order valence-corrected chi connectivity index (χ1v) is 11.4. The van der Waals surface area contributed by atoms with Crippen molar-refractivity contribution in [2.75, 3.05) is 11.9 Å². The highest BCUT2D eigenvalue weighted by Gasteiger charge is 2.35. The summed E-state index contributed by atoms with van der Waals surface area (Å²) < 4.78 is 38.8. The lowest BCUT2D eigenvalue weighted by Gasteiger charge is -2.17. The molecule has 4 rings (SSSR count). The number of nitrogens with one attached hydrogen (secondary N) is 1. The molecule has 0 saturated carbocycles. The van der Waals surface area contributed by atoms with Gasteiger partial charge in [0.2, 0.25) is 11.8 Å². The molecule has 32 heavy (non-hydrogen) atoms. The van der Waals surface area contributed by atoms with Gasteiger partial charge in [0.25, 0.3) is 0 Å².